The van der Waals surface area contributed by atoms with Crippen LogP contribution in [0.4, 0.5) is 10.2 Å². The Morgan fingerprint density at radius 3 is 2.91 bits per heavy atom. The fraction of sp³-hybridized carbons (Fsp3) is 0.400. The SMILES string of the molecule is COc1ccc(C(Cc2ncc(CCCCc3ccc4c(n3)NCCC4)s2)C(=O)O)cc1F. The van der Waals surface area contributed by atoms with Crippen molar-refractivity contribution in [1.82, 2.24) is 9.97 Å². The van der Waals surface area contributed by atoms with Crippen LogP contribution < -0.4 is 10.1 Å². The van der Waals surface area contributed by atoms with Crippen molar-refractivity contribution in [1.29, 1.82) is 0 Å². The highest BCUT2D eigenvalue weighted by Crippen LogP contribution is 2.28. The minimum atomic E-state index is -0.997. The van der Waals surface area contributed by atoms with Crippen molar-refractivity contribution in [3.63, 3.8) is 0 Å². The standard InChI is InChI=1S/C25H28FN3O3S/c1-32-22-11-9-17(13-21(22)26)20(25(30)31)14-23-28-15-19(33-23)7-3-2-6-18-10-8-16-5-4-12-27-24(16)29-18/h8-11,13,15,20H,2-7,12,14H2,1H3,(H,27,29)(H,30,31). The summed E-state index contributed by atoms with van der Waals surface area (Å²) in [5.74, 6) is -1.28. The normalized spacial score (nSPS) is 13.8. The number of hydrogen-bond acceptors (Lipinski definition) is 6. The van der Waals surface area contributed by atoms with E-state index in [2.05, 4.69) is 22.4 Å². The van der Waals surface area contributed by atoms with Crippen LogP contribution in [0, 0.1) is 5.82 Å². The molecule has 2 aromatic heterocycles. The Morgan fingerprint density at radius 2 is 2.12 bits per heavy atom. The van der Waals surface area contributed by atoms with Crippen LogP contribution in [0.25, 0.3) is 0 Å². The Bertz CT molecular complexity index is 1120. The average Bonchev–Trinajstić information content (AvgIpc) is 3.27. The van der Waals surface area contributed by atoms with Gasteiger partial charge in [0.05, 0.1) is 18.0 Å². The Morgan fingerprint density at radius 1 is 1.27 bits per heavy atom. The number of nitrogens with zero attached hydrogens (tertiary/aromatic N) is 2. The zero-order valence-corrected chi connectivity index (χ0v) is 19.5. The molecule has 3 aromatic rings. The molecule has 1 aromatic carbocycles. The maximum absolute atomic E-state index is 14.1. The number of aromatic nitrogens is 2. The third-order valence-corrected chi connectivity index (χ3v) is 6.99. The third kappa shape index (κ3) is 5.87. The first-order valence-corrected chi connectivity index (χ1v) is 12.1. The number of carboxylic acids is 1. The zero-order valence-electron chi connectivity index (χ0n) is 18.6. The number of carbonyl (C=O) groups is 1. The summed E-state index contributed by atoms with van der Waals surface area (Å²) in [6.45, 7) is 0.993. The number of nitrogens with one attached hydrogen (secondary N) is 1. The number of aryl methyl sites for hydroxylation is 3. The highest BCUT2D eigenvalue weighted by molar-refractivity contribution is 7.11. The molecule has 0 aliphatic carbocycles. The first kappa shape index (κ1) is 23.2. The molecule has 2 N–H and O–H groups in total. The summed E-state index contributed by atoms with van der Waals surface area (Å²) >= 11 is 1.53. The molecule has 0 fully saturated rings. The minimum absolute atomic E-state index is 0.0984. The highest BCUT2D eigenvalue weighted by atomic mass is 32.1. The minimum Gasteiger partial charge on any atom is -0.494 e. The molecule has 0 spiro atoms. The van der Waals surface area contributed by atoms with E-state index in [0.29, 0.717) is 5.56 Å². The van der Waals surface area contributed by atoms with Crippen LogP contribution in [0.1, 0.15) is 51.9 Å². The predicted molar refractivity (Wildman–Crippen MR) is 127 cm³/mol. The predicted octanol–water partition coefficient (Wildman–Crippen LogP) is 5.02. The number of anilines is 1. The molecule has 33 heavy (non-hydrogen) atoms. The largest absolute Gasteiger partial charge is 0.494 e. The molecule has 0 radical (unpaired) electrons. The summed E-state index contributed by atoms with van der Waals surface area (Å²) in [6.07, 6.45) is 8.20. The molecule has 0 bridgehead atoms. The number of carboxylic acid groups (broad SMARTS) is 1. The first-order chi connectivity index (χ1) is 16.0. The van der Waals surface area contributed by atoms with Gasteiger partial charge in [-0.15, -0.1) is 11.3 Å². The van der Waals surface area contributed by atoms with Gasteiger partial charge in [-0.1, -0.05) is 12.1 Å². The van der Waals surface area contributed by atoms with E-state index < -0.39 is 17.7 Å². The number of fused-ring (bicyclic) bond motifs is 1. The lowest BCUT2D eigenvalue weighted by Crippen LogP contribution is -2.14. The lowest BCUT2D eigenvalue weighted by Gasteiger charge is -2.17. The molecule has 0 saturated heterocycles. The molecule has 1 unspecified atom stereocenters. The van der Waals surface area contributed by atoms with E-state index in [4.69, 9.17) is 9.72 Å². The van der Waals surface area contributed by atoms with Gasteiger partial charge in [0.25, 0.3) is 0 Å². The zero-order chi connectivity index (χ0) is 23.2. The van der Waals surface area contributed by atoms with Crippen molar-refractivity contribution in [2.75, 3.05) is 19.0 Å². The Hall–Kier alpha value is -3.00. The smallest absolute Gasteiger partial charge is 0.311 e. The monoisotopic (exact) mass is 469 g/mol. The summed E-state index contributed by atoms with van der Waals surface area (Å²) in [7, 11) is 1.38. The highest BCUT2D eigenvalue weighted by Gasteiger charge is 2.23. The number of ether oxygens (including phenoxy) is 1. The van der Waals surface area contributed by atoms with Crippen molar-refractivity contribution < 1.29 is 19.0 Å². The van der Waals surface area contributed by atoms with Crippen LogP contribution in [0.5, 0.6) is 5.75 Å². The number of unbranched alkanes of at least 4 members (excludes halogenated alkanes) is 1. The van der Waals surface area contributed by atoms with Gasteiger partial charge in [-0.25, -0.2) is 14.4 Å². The molecule has 0 amide bonds. The van der Waals surface area contributed by atoms with Crippen molar-refractivity contribution in [3.8, 4) is 5.75 Å². The molecule has 1 aliphatic rings. The van der Waals surface area contributed by atoms with Crippen molar-refractivity contribution in [2.24, 2.45) is 0 Å². The van der Waals surface area contributed by atoms with Gasteiger partial charge in [0.15, 0.2) is 11.6 Å². The second-order valence-electron chi connectivity index (χ2n) is 8.26. The molecule has 1 atom stereocenters. The Balaban J connectivity index is 1.30. The number of aliphatic carboxylic acids is 1. The lowest BCUT2D eigenvalue weighted by atomic mass is 9.96. The molecule has 0 saturated carbocycles. The van der Waals surface area contributed by atoms with Gasteiger partial charge in [0, 0.05) is 29.7 Å². The summed E-state index contributed by atoms with van der Waals surface area (Å²) < 4.78 is 19.0. The Kier molecular flexibility index (Phi) is 7.54. The molecule has 6 nitrogen and oxygen atoms in total. The van der Waals surface area contributed by atoms with Crippen molar-refractivity contribution in [3.05, 3.63) is 69.1 Å². The summed E-state index contributed by atoms with van der Waals surface area (Å²) in [5, 5.41) is 13.8. The number of benzene rings is 1. The van der Waals surface area contributed by atoms with Gasteiger partial charge in [0.1, 0.15) is 5.82 Å². The van der Waals surface area contributed by atoms with Crippen LogP contribution in [0.3, 0.4) is 0 Å². The van der Waals surface area contributed by atoms with Crippen LogP contribution >= 0.6 is 11.3 Å². The van der Waals surface area contributed by atoms with Gasteiger partial charge >= 0.3 is 5.97 Å². The van der Waals surface area contributed by atoms with E-state index in [-0.39, 0.29) is 12.2 Å². The maximum atomic E-state index is 14.1. The summed E-state index contributed by atoms with van der Waals surface area (Å²) in [4.78, 5) is 22.1. The molecule has 8 heteroatoms. The van der Waals surface area contributed by atoms with Gasteiger partial charge < -0.3 is 15.2 Å². The molecular formula is C25H28FN3O3S. The lowest BCUT2D eigenvalue weighted by molar-refractivity contribution is -0.138. The number of halogens is 1. The van der Waals surface area contributed by atoms with Gasteiger partial charge in [0.2, 0.25) is 0 Å². The van der Waals surface area contributed by atoms with E-state index in [1.807, 2.05) is 6.20 Å². The van der Waals surface area contributed by atoms with E-state index in [1.165, 1.54) is 36.1 Å². The fourth-order valence-corrected chi connectivity index (χ4v) is 5.10. The van der Waals surface area contributed by atoms with Crippen molar-refractivity contribution in [2.45, 2.75) is 50.9 Å². The van der Waals surface area contributed by atoms with Gasteiger partial charge in [-0.2, -0.15) is 0 Å². The third-order valence-electron chi connectivity index (χ3n) is 5.91. The van der Waals surface area contributed by atoms with Gasteiger partial charge in [-0.05, 0) is 67.9 Å². The van der Waals surface area contributed by atoms with Crippen molar-refractivity contribution >= 4 is 23.1 Å². The molecule has 3 heterocycles. The van der Waals surface area contributed by atoms with Crippen LogP contribution in [-0.2, 0) is 30.5 Å². The summed E-state index contributed by atoms with van der Waals surface area (Å²) in [6, 6.07) is 8.61. The number of hydrogen-bond donors (Lipinski definition) is 2. The quantitative estimate of drug-likeness (QED) is 0.406. The Labute approximate surface area is 196 Å². The van der Waals surface area contributed by atoms with Crippen LogP contribution in [0.15, 0.2) is 36.5 Å². The van der Waals surface area contributed by atoms with Crippen LogP contribution in [-0.4, -0.2) is 34.7 Å². The number of methoxy groups -OCH3 is 1. The molecular weight excluding hydrogens is 441 g/mol. The summed E-state index contributed by atoms with van der Waals surface area (Å²) in [5.41, 5.74) is 2.83. The van der Waals surface area contributed by atoms with Gasteiger partial charge in [-0.3, -0.25) is 4.79 Å². The topological polar surface area (TPSA) is 84.3 Å². The molecule has 4 rings (SSSR count). The van der Waals surface area contributed by atoms with E-state index in [9.17, 15) is 14.3 Å². The van der Waals surface area contributed by atoms with Crippen LogP contribution in [0.2, 0.25) is 0 Å². The second-order valence-corrected chi connectivity index (χ2v) is 9.46. The number of pyridine rings is 1. The van der Waals surface area contributed by atoms with E-state index in [1.54, 1.807) is 6.07 Å². The fourth-order valence-electron chi connectivity index (χ4n) is 4.09. The second kappa shape index (κ2) is 10.7. The molecule has 1 aliphatic heterocycles. The van der Waals surface area contributed by atoms with E-state index >= 15 is 0 Å². The average molecular weight is 470 g/mol. The first-order valence-electron chi connectivity index (χ1n) is 11.3. The maximum Gasteiger partial charge on any atom is 0.311 e. The molecule has 174 valence electrons. The van der Waals surface area contributed by atoms with E-state index in [0.717, 1.165) is 66.5 Å². The number of thiazole rings is 1. The number of rotatable bonds is 10.